The van der Waals surface area contributed by atoms with Gasteiger partial charge in [0.25, 0.3) is 5.91 Å². The number of aromatic nitrogens is 2. The summed E-state index contributed by atoms with van der Waals surface area (Å²) in [6.45, 7) is 1.11. The molecule has 1 saturated heterocycles. The van der Waals surface area contributed by atoms with Crippen LogP contribution in [-0.4, -0.2) is 33.9 Å². The smallest absolute Gasteiger partial charge is 0.253 e. The third kappa shape index (κ3) is 4.39. The Kier molecular flexibility index (Phi) is 5.46. The van der Waals surface area contributed by atoms with Crippen LogP contribution in [0.25, 0.3) is 0 Å². The average molecular weight is 394 g/mol. The summed E-state index contributed by atoms with van der Waals surface area (Å²) in [5.41, 5.74) is 1.43. The first-order chi connectivity index (χ1) is 14.1. The number of nitrogens with zero attached hydrogens (tertiary/aromatic N) is 3. The Morgan fingerprint density at radius 2 is 1.97 bits per heavy atom. The van der Waals surface area contributed by atoms with E-state index in [4.69, 9.17) is 0 Å². The zero-order valence-electron chi connectivity index (χ0n) is 15.7. The minimum atomic E-state index is -0.427. The Labute approximate surface area is 167 Å². The van der Waals surface area contributed by atoms with Crippen LogP contribution in [-0.2, 0) is 0 Å². The minimum Gasteiger partial charge on any atom is -0.338 e. The molecule has 1 fully saturated rings. The van der Waals surface area contributed by atoms with E-state index in [2.05, 4.69) is 15.3 Å². The van der Waals surface area contributed by atoms with Crippen molar-refractivity contribution >= 4 is 17.5 Å². The minimum absolute atomic E-state index is 0.0328. The summed E-state index contributed by atoms with van der Waals surface area (Å²) in [5, 5.41) is 2.90. The van der Waals surface area contributed by atoms with Crippen LogP contribution in [0.1, 0.15) is 34.8 Å². The second-order valence-electron chi connectivity index (χ2n) is 7.01. The van der Waals surface area contributed by atoms with E-state index in [0.29, 0.717) is 30.3 Å². The molecule has 0 aliphatic carbocycles. The molecule has 0 radical (unpaired) electrons. The van der Waals surface area contributed by atoms with Gasteiger partial charge in [0.15, 0.2) is 0 Å². The highest BCUT2D eigenvalue weighted by Gasteiger charge is 2.26. The molecule has 2 heterocycles. The predicted molar refractivity (Wildman–Crippen MR) is 106 cm³/mol. The molecule has 0 bridgehead atoms. The number of rotatable bonds is 4. The fourth-order valence-electron chi connectivity index (χ4n) is 3.55. The molecule has 2 aromatic carbocycles. The van der Waals surface area contributed by atoms with Gasteiger partial charge in [-0.1, -0.05) is 18.2 Å². The van der Waals surface area contributed by atoms with Crippen molar-refractivity contribution in [3.05, 3.63) is 83.7 Å². The molecule has 1 aliphatic heterocycles. The van der Waals surface area contributed by atoms with Crippen LogP contribution in [0.3, 0.4) is 0 Å². The number of amides is 1. The lowest BCUT2D eigenvalue weighted by molar-refractivity contribution is 0.0705. The van der Waals surface area contributed by atoms with E-state index in [-0.39, 0.29) is 17.6 Å². The zero-order chi connectivity index (χ0) is 20.2. The first kappa shape index (κ1) is 19.0. The topological polar surface area (TPSA) is 58.1 Å². The SMILES string of the molecule is O=C(c1cccc(F)c1)N1CCC[C@H](c2ccnc(Nc3ccccc3F)n2)C1. The molecule has 0 spiro atoms. The van der Waals surface area contributed by atoms with Gasteiger partial charge >= 0.3 is 0 Å². The van der Waals surface area contributed by atoms with Gasteiger partial charge in [0.05, 0.1) is 11.4 Å². The second kappa shape index (κ2) is 8.34. The molecule has 1 amide bonds. The molecule has 1 aliphatic rings. The predicted octanol–water partition coefficient (Wildman–Crippen LogP) is 4.52. The van der Waals surface area contributed by atoms with Crippen LogP contribution in [0.5, 0.6) is 0 Å². The molecule has 4 rings (SSSR count). The molecule has 7 heteroatoms. The Balaban J connectivity index is 1.50. The van der Waals surface area contributed by atoms with Gasteiger partial charge in [-0.2, -0.15) is 0 Å². The number of anilines is 2. The number of carbonyl (C=O) groups is 1. The normalized spacial score (nSPS) is 16.5. The van der Waals surface area contributed by atoms with Crippen LogP contribution < -0.4 is 5.32 Å². The summed E-state index contributed by atoms with van der Waals surface area (Å²) < 4.78 is 27.3. The largest absolute Gasteiger partial charge is 0.338 e. The average Bonchev–Trinajstić information content (AvgIpc) is 2.75. The quantitative estimate of drug-likeness (QED) is 0.707. The lowest BCUT2D eigenvalue weighted by Gasteiger charge is -2.32. The van der Waals surface area contributed by atoms with Crippen molar-refractivity contribution in [3.8, 4) is 0 Å². The molecule has 1 aromatic heterocycles. The maximum atomic E-state index is 13.9. The maximum absolute atomic E-state index is 13.9. The Morgan fingerprint density at radius 3 is 2.79 bits per heavy atom. The molecular weight excluding hydrogens is 374 g/mol. The lowest BCUT2D eigenvalue weighted by atomic mass is 9.94. The number of piperidine rings is 1. The summed E-state index contributed by atoms with van der Waals surface area (Å²) in [6.07, 6.45) is 3.33. The third-order valence-electron chi connectivity index (χ3n) is 5.00. The van der Waals surface area contributed by atoms with Crippen LogP contribution in [0.2, 0.25) is 0 Å². The van der Waals surface area contributed by atoms with Crippen molar-refractivity contribution in [3.63, 3.8) is 0 Å². The van der Waals surface area contributed by atoms with Crippen molar-refractivity contribution < 1.29 is 13.6 Å². The molecule has 148 valence electrons. The van der Waals surface area contributed by atoms with Gasteiger partial charge in [-0.25, -0.2) is 18.7 Å². The van der Waals surface area contributed by atoms with Crippen molar-refractivity contribution in [1.82, 2.24) is 14.9 Å². The van der Waals surface area contributed by atoms with E-state index < -0.39 is 5.82 Å². The maximum Gasteiger partial charge on any atom is 0.253 e. The highest BCUT2D eigenvalue weighted by atomic mass is 19.1. The monoisotopic (exact) mass is 394 g/mol. The number of nitrogens with one attached hydrogen (secondary N) is 1. The van der Waals surface area contributed by atoms with E-state index in [1.807, 2.05) is 6.07 Å². The Bertz CT molecular complexity index is 1030. The van der Waals surface area contributed by atoms with Crippen LogP contribution >= 0.6 is 0 Å². The number of carbonyl (C=O) groups excluding carboxylic acids is 1. The molecule has 1 atom stereocenters. The van der Waals surface area contributed by atoms with E-state index >= 15 is 0 Å². The van der Waals surface area contributed by atoms with Gasteiger partial charge < -0.3 is 10.2 Å². The van der Waals surface area contributed by atoms with Crippen molar-refractivity contribution in [2.45, 2.75) is 18.8 Å². The highest BCUT2D eigenvalue weighted by Crippen LogP contribution is 2.27. The van der Waals surface area contributed by atoms with Gasteiger partial charge in [-0.15, -0.1) is 0 Å². The van der Waals surface area contributed by atoms with E-state index in [0.717, 1.165) is 18.5 Å². The van der Waals surface area contributed by atoms with Crippen molar-refractivity contribution in [2.24, 2.45) is 0 Å². The van der Waals surface area contributed by atoms with Gasteiger partial charge in [0, 0.05) is 30.8 Å². The Hall–Kier alpha value is -3.35. The van der Waals surface area contributed by atoms with E-state index in [9.17, 15) is 13.6 Å². The molecule has 29 heavy (non-hydrogen) atoms. The molecule has 5 nitrogen and oxygen atoms in total. The fourth-order valence-corrected chi connectivity index (χ4v) is 3.55. The molecule has 1 N–H and O–H groups in total. The number of halogens is 2. The van der Waals surface area contributed by atoms with Crippen molar-refractivity contribution in [1.29, 1.82) is 0 Å². The Morgan fingerprint density at radius 1 is 1.10 bits per heavy atom. The second-order valence-corrected chi connectivity index (χ2v) is 7.01. The van der Waals surface area contributed by atoms with Crippen LogP contribution in [0, 0.1) is 11.6 Å². The molecule has 0 saturated carbocycles. The van der Waals surface area contributed by atoms with E-state index in [1.165, 1.54) is 24.3 Å². The molecular formula is C22H20F2N4O. The third-order valence-corrected chi connectivity index (χ3v) is 5.00. The summed E-state index contributed by atoms with van der Waals surface area (Å²) in [4.78, 5) is 23.2. The van der Waals surface area contributed by atoms with Crippen molar-refractivity contribution in [2.75, 3.05) is 18.4 Å². The summed E-state index contributed by atoms with van der Waals surface area (Å²) >= 11 is 0. The van der Waals surface area contributed by atoms with Gasteiger partial charge in [-0.05, 0) is 49.2 Å². The first-order valence-corrected chi connectivity index (χ1v) is 9.49. The standard InChI is InChI=1S/C22H20F2N4O/c23-17-7-3-5-15(13-17)21(29)28-12-4-6-16(14-28)19-10-11-25-22(26-19)27-20-9-2-1-8-18(20)24/h1-3,5,7-11,13,16H,4,6,12,14H2,(H,25,26,27)/t16-/m0/s1. The van der Waals surface area contributed by atoms with Gasteiger partial charge in [0.2, 0.25) is 5.95 Å². The van der Waals surface area contributed by atoms with Crippen LogP contribution in [0.15, 0.2) is 60.8 Å². The highest BCUT2D eigenvalue weighted by molar-refractivity contribution is 5.94. The first-order valence-electron chi connectivity index (χ1n) is 9.49. The fraction of sp³-hybridized carbons (Fsp3) is 0.227. The van der Waals surface area contributed by atoms with Gasteiger partial charge in [-0.3, -0.25) is 4.79 Å². The van der Waals surface area contributed by atoms with Gasteiger partial charge in [0.1, 0.15) is 11.6 Å². The number of likely N-dealkylation sites (tertiary alicyclic amines) is 1. The number of benzene rings is 2. The number of hydrogen-bond acceptors (Lipinski definition) is 4. The number of hydrogen-bond donors (Lipinski definition) is 1. The summed E-state index contributed by atoms with van der Waals surface area (Å²) in [6, 6.07) is 13.9. The van der Waals surface area contributed by atoms with Crippen LogP contribution in [0.4, 0.5) is 20.4 Å². The molecule has 0 unspecified atom stereocenters. The lowest BCUT2D eigenvalue weighted by Crippen LogP contribution is -2.39. The van der Waals surface area contributed by atoms with E-state index in [1.54, 1.807) is 35.4 Å². The summed E-state index contributed by atoms with van der Waals surface area (Å²) in [5.74, 6) is -0.658. The number of para-hydroxylation sites is 1. The zero-order valence-corrected chi connectivity index (χ0v) is 15.7. The molecule has 3 aromatic rings. The summed E-state index contributed by atoms with van der Waals surface area (Å²) in [7, 11) is 0.